The number of hydrogen-bond donors (Lipinski definition) is 2. The number of aryl methyl sites for hydroxylation is 1. The number of Topliss-reactive ketones (excluding diaryl/α,β-unsaturated/α-hetero) is 1. The Morgan fingerprint density at radius 2 is 1.89 bits per heavy atom. The summed E-state index contributed by atoms with van der Waals surface area (Å²) in [5, 5.41) is 3.34. The van der Waals surface area contributed by atoms with E-state index in [4.69, 9.17) is 4.74 Å². The van der Waals surface area contributed by atoms with Crippen molar-refractivity contribution < 1.29 is 19.3 Å². The van der Waals surface area contributed by atoms with E-state index in [2.05, 4.69) is 10.3 Å². The highest BCUT2D eigenvalue weighted by Crippen LogP contribution is 2.20. The lowest BCUT2D eigenvalue weighted by atomic mass is 9.87. The molecule has 0 saturated heterocycles. The third-order valence-electron chi connectivity index (χ3n) is 4.92. The van der Waals surface area contributed by atoms with Gasteiger partial charge in [0.2, 0.25) is 0 Å². The molecule has 2 aromatic rings. The fourth-order valence-electron chi connectivity index (χ4n) is 3.41. The average molecular weight is 379 g/mol. The van der Waals surface area contributed by atoms with Crippen LogP contribution in [0, 0.1) is 12.8 Å². The molecule has 0 bridgehead atoms. The van der Waals surface area contributed by atoms with Crippen molar-refractivity contribution in [3.8, 4) is 0 Å². The molecule has 1 heterocycles. The Kier molecular flexibility index (Phi) is 6.58. The van der Waals surface area contributed by atoms with Crippen LogP contribution < -0.4 is 10.3 Å². The van der Waals surface area contributed by atoms with Gasteiger partial charge in [-0.2, -0.15) is 0 Å². The summed E-state index contributed by atoms with van der Waals surface area (Å²) in [7, 11) is 0. The molecule has 0 aliphatic carbocycles. The van der Waals surface area contributed by atoms with Crippen molar-refractivity contribution in [1.29, 1.82) is 0 Å². The van der Waals surface area contributed by atoms with Crippen molar-refractivity contribution in [2.24, 2.45) is 5.92 Å². The van der Waals surface area contributed by atoms with Crippen molar-refractivity contribution in [3.63, 3.8) is 0 Å². The predicted octanol–water partition coefficient (Wildman–Crippen LogP) is 1.69. The summed E-state index contributed by atoms with van der Waals surface area (Å²) in [5.41, 5.74) is 3.11. The minimum absolute atomic E-state index is 0.0376. The van der Waals surface area contributed by atoms with Crippen LogP contribution in [0.3, 0.4) is 0 Å². The van der Waals surface area contributed by atoms with E-state index >= 15 is 0 Å². The van der Waals surface area contributed by atoms with Gasteiger partial charge in [-0.1, -0.05) is 48.0 Å². The summed E-state index contributed by atoms with van der Waals surface area (Å²) in [6, 6.07) is 15.0. The molecule has 0 fully saturated rings. The molecule has 3 rings (SSSR count). The van der Waals surface area contributed by atoms with Crippen LogP contribution in [0.15, 0.2) is 48.5 Å². The fraction of sp³-hybridized carbons (Fsp3) is 0.348. The van der Waals surface area contributed by atoms with Crippen LogP contribution in [0.1, 0.15) is 45.2 Å². The van der Waals surface area contributed by atoms with Gasteiger partial charge in [-0.05, 0) is 31.9 Å². The topological polar surface area (TPSA) is 69.4 Å². The largest absolute Gasteiger partial charge is 0.462 e. The number of ketones is 1. The van der Waals surface area contributed by atoms with Gasteiger partial charge in [-0.25, -0.2) is 4.79 Å². The molecular weight excluding hydrogens is 352 g/mol. The van der Waals surface area contributed by atoms with Crippen LogP contribution in [0.4, 0.5) is 0 Å². The lowest BCUT2D eigenvalue weighted by Gasteiger charge is -2.19. The van der Waals surface area contributed by atoms with E-state index in [1.165, 1.54) is 0 Å². The molecule has 0 spiro atoms. The van der Waals surface area contributed by atoms with Gasteiger partial charge in [0.1, 0.15) is 5.92 Å². The zero-order chi connectivity index (χ0) is 19.9. The molecule has 146 valence electrons. The Hall–Kier alpha value is -2.95. The number of rotatable bonds is 7. The first-order valence-electron chi connectivity index (χ1n) is 9.80. The van der Waals surface area contributed by atoms with E-state index in [1.807, 2.05) is 49.4 Å². The molecule has 0 saturated carbocycles. The van der Waals surface area contributed by atoms with Gasteiger partial charge in [-0.15, -0.1) is 0 Å². The van der Waals surface area contributed by atoms with Gasteiger partial charge in [0.05, 0.1) is 25.3 Å². The zero-order valence-electron chi connectivity index (χ0n) is 16.5. The van der Waals surface area contributed by atoms with E-state index in [0.29, 0.717) is 24.2 Å². The number of benzene rings is 2. The molecular formula is C23H27N2O3+. The first-order chi connectivity index (χ1) is 13.6. The second-order valence-corrected chi connectivity index (χ2v) is 6.99. The van der Waals surface area contributed by atoms with Crippen LogP contribution in [-0.4, -0.2) is 37.3 Å². The van der Waals surface area contributed by atoms with Crippen molar-refractivity contribution >= 4 is 17.6 Å². The summed E-state index contributed by atoms with van der Waals surface area (Å²) < 4.78 is 5.19. The number of amidine groups is 1. The summed E-state index contributed by atoms with van der Waals surface area (Å²) in [6.45, 7) is 5.77. The van der Waals surface area contributed by atoms with Crippen molar-refractivity contribution in [2.45, 2.75) is 26.7 Å². The molecule has 1 aliphatic rings. The number of carbonyl (C=O) groups is 2. The van der Waals surface area contributed by atoms with Gasteiger partial charge in [0.15, 0.2) is 5.78 Å². The fourth-order valence-corrected chi connectivity index (χ4v) is 3.41. The number of esters is 1. The van der Waals surface area contributed by atoms with Gasteiger partial charge in [0, 0.05) is 12.0 Å². The minimum Gasteiger partial charge on any atom is -0.462 e. The second kappa shape index (κ2) is 9.31. The molecule has 1 atom stereocenters. The highest BCUT2D eigenvalue weighted by Gasteiger charge is 2.32. The predicted molar refractivity (Wildman–Crippen MR) is 109 cm³/mol. The second-order valence-electron chi connectivity index (χ2n) is 6.99. The monoisotopic (exact) mass is 379 g/mol. The van der Waals surface area contributed by atoms with E-state index in [-0.39, 0.29) is 11.8 Å². The van der Waals surface area contributed by atoms with Crippen LogP contribution in [0.2, 0.25) is 0 Å². The highest BCUT2D eigenvalue weighted by molar-refractivity contribution is 6.10. The molecule has 0 amide bonds. The number of ether oxygens (including phenoxy) is 1. The van der Waals surface area contributed by atoms with Crippen molar-refractivity contribution in [2.75, 3.05) is 19.7 Å². The zero-order valence-corrected chi connectivity index (χ0v) is 16.5. The Bertz CT molecular complexity index is 872. The molecule has 5 heteroatoms. The van der Waals surface area contributed by atoms with E-state index in [9.17, 15) is 9.59 Å². The first kappa shape index (κ1) is 19.8. The number of carbonyl (C=O) groups excluding carboxylic acids is 2. The van der Waals surface area contributed by atoms with Gasteiger partial charge < -0.3 is 4.74 Å². The molecule has 5 nitrogen and oxygen atoms in total. The van der Waals surface area contributed by atoms with Crippen LogP contribution in [-0.2, 0) is 11.2 Å². The SMILES string of the molecule is CCOC(=O)c1ccccc1CC(C(=O)c1ccc(C)cc1)C1=[NH+]CCCN1. The number of nitrogens with one attached hydrogen (secondary N) is 2. The van der Waals surface area contributed by atoms with E-state index in [0.717, 1.165) is 36.5 Å². The lowest BCUT2D eigenvalue weighted by molar-refractivity contribution is -0.466. The van der Waals surface area contributed by atoms with Crippen LogP contribution in [0.5, 0.6) is 0 Å². The quantitative estimate of drug-likeness (QED) is 0.567. The lowest BCUT2D eigenvalue weighted by Crippen LogP contribution is -2.81. The summed E-state index contributed by atoms with van der Waals surface area (Å²) >= 11 is 0. The maximum atomic E-state index is 13.3. The number of hydrogen-bond acceptors (Lipinski definition) is 4. The van der Waals surface area contributed by atoms with Gasteiger partial charge in [-0.3, -0.25) is 15.1 Å². The maximum Gasteiger partial charge on any atom is 0.338 e. The summed E-state index contributed by atoms with van der Waals surface area (Å²) in [6.07, 6.45) is 1.44. The molecule has 1 unspecified atom stereocenters. The molecule has 2 aromatic carbocycles. The third-order valence-corrected chi connectivity index (χ3v) is 4.92. The molecule has 1 aliphatic heterocycles. The van der Waals surface area contributed by atoms with Crippen LogP contribution in [0.25, 0.3) is 0 Å². The normalized spacial score (nSPS) is 14.6. The molecule has 2 N–H and O–H groups in total. The molecule has 0 radical (unpaired) electrons. The smallest absolute Gasteiger partial charge is 0.338 e. The Morgan fingerprint density at radius 3 is 2.57 bits per heavy atom. The maximum absolute atomic E-state index is 13.3. The minimum atomic E-state index is -0.404. The Morgan fingerprint density at radius 1 is 1.14 bits per heavy atom. The van der Waals surface area contributed by atoms with Crippen molar-refractivity contribution in [1.82, 2.24) is 5.32 Å². The van der Waals surface area contributed by atoms with Crippen LogP contribution >= 0.6 is 0 Å². The van der Waals surface area contributed by atoms with E-state index < -0.39 is 5.92 Å². The highest BCUT2D eigenvalue weighted by atomic mass is 16.5. The Balaban J connectivity index is 1.94. The molecule has 28 heavy (non-hydrogen) atoms. The van der Waals surface area contributed by atoms with Gasteiger partial charge >= 0.3 is 5.97 Å². The van der Waals surface area contributed by atoms with Gasteiger partial charge in [0.25, 0.3) is 5.84 Å². The standard InChI is InChI=1S/C23H26N2O3/c1-3-28-23(27)19-8-5-4-7-18(19)15-20(22-24-13-6-14-25-22)21(26)17-11-9-16(2)10-12-17/h4-5,7-12,20H,3,6,13-15H2,1-2H3,(H,24,25)/p+1. The summed E-state index contributed by atoms with van der Waals surface area (Å²) in [4.78, 5) is 29.0. The third kappa shape index (κ3) is 4.66. The van der Waals surface area contributed by atoms with Crippen molar-refractivity contribution in [3.05, 3.63) is 70.8 Å². The molecule has 0 aromatic heterocycles. The summed E-state index contributed by atoms with van der Waals surface area (Å²) in [5.74, 6) is 0.110. The van der Waals surface area contributed by atoms with E-state index in [1.54, 1.807) is 13.0 Å². The first-order valence-corrected chi connectivity index (χ1v) is 9.80. The Labute approximate surface area is 165 Å². The average Bonchev–Trinajstić information content (AvgIpc) is 2.73.